The molecule has 1 amide bonds. The average molecular weight is 434 g/mol. The Labute approximate surface area is 178 Å². The molecule has 1 aliphatic heterocycles. The number of benzene rings is 1. The minimum absolute atomic E-state index is 0.0433. The number of nitrogens with two attached hydrogens (primary N) is 1. The smallest absolute Gasteiger partial charge is 0.259 e. The fourth-order valence-electron chi connectivity index (χ4n) is 3.93. The number of carbonyl (C=O) groups is 1. The maximum atomic E-state index is 13.2. The number of hydrogen-bond donors (Lipinski definition) is 2. The van der Waals surface area contributed by atoms with Crippen LogP contribution < -0.4 is 10.5 Å². The highest BCUT2D eigenvalue weighted by Gasteiger charge is 2.26. The summed E-state index contributed by atoms with van der Waals surface area (Å²) in [7, 11) is -3.85. The van der Waals surface area contributed by atoms with Crippen LogP contribution in [0.1, 0.15) is 60.6 Å². The van der Waals surface area contributed by atoms with E-state index >= 15 is 0 Å². The van der Waals surface area contributed by atoms with E-state index in [4.69, 9.17) is 9.56 Å². The molecule has 0 saturated carbocycles. The number of nitrogens with one attached hydrogen (secondary N) is 1. The second kappa shape index (κ2) is 9.32. The quantitative estimate of drug-likeness (QED) is 0.693. The van der Waals surface area contributed by atoms with Crippen LogP contribution in [0.2, 0.25) is 0 Å². The molecule has 164 valence electrons. The highest BCUT2D eigenvalue weighted by atomic mass is 32.2. The molecule has 7 nitrogen and oxygen atoms in total. The first-order valence-electron chi connectivity index (χ1n) is 10.4. The van der Waals surface area contributed by atoms with Gasteiger partial charge >= 0.3 is 0 Å². The van der Waals surface area contributed by atoms with Crippen LogP contribution in [0.15, 0.2) is 33.6 Å². The molecule has 1 aliphatic rings. The number of sulfonamides is 1. The molecular formula is C22H31N3O4S. The summed E-state index contributed by atoms with van der Waals surface area (Å²) in [6, 6.07) is 5.95. The van der Waals surface area contributed by atoms with Crippen molar-refractivity contribution >= 4 is 21.6 Å². The Hall–Kier alpha value is -2.16. The van der Waals surface area contributed by atoms with Crippen molar-refractivity contribution in [2.75, 3.05) is 18.4 Å². The van der Waals surface area contributed by atoms with E-state index in [1.165, 1.54) is 18.6 Å². The topological polar surface area (TPSA) is 106 Å². The third-order valence-corrected chi connectivity index (χ3v) is 6.25. The molecule has 1 aromatic carbocycles. The van der Waals surface area contributed by atoms with E-state index in [9.17, 15) is 13.2 Å². The number of aryl methyl sites for hydroxylation is 1. The monoisotopic (exact) mass is 433 g/mol. The van der Waals surface area contributed by atoms with Crippen LogP contribution in [-0.4, -0.2) is 32.3 Å². The number of primary sulfonamides is 1. The van der Waals surface area contributed by atoms with Gasteiger partial charge in [-0.1, -0.05) is 26.3 Å². The van der Waals surface area contributed by atoms with E-state index < -0.39 is 10.0 Å². The van der Waals surface area contributed by atoms with Gasteiger partial charge in [-0.15, -0.1) is 0 Å². The lowest BCUT2D eigenvalue weighted by atomic mass is 10.0. The van der Waals surface area contributed by atoms with Gasteiger partial charge in [-0.25, -0.2) is 13.6 Å². The Morgan fingerprint density at radius 3 is 2.57 bits per heavy atom. The first kappa shape index (κ1) is 22.5. The van der Waals surface area contributed by atoms with Gasteiger partial charge < -0.3 is 9.73 Å². The molecule has 0 unspecified atom stereocenters. The summed E-state index contributed by atoms with van der Waals surface area (Å²) in [5, 5.41) is 8.03. The van der Waals surface area contributed by atoms with Gasteiger partial charge in [0.2, 0.25) is 10.0 Å². The number of nitrogens with zero attached hydrogens (tertiary/aromatic N) is 1. The van der Waals surface area contributed by atoms with Crippen molar-refractivity contribution < 1.29 is 17.6 Å². The van der Waals surface area contributed by atoms with Crippen molar-refractivity contribution in [1.82, 2.24) is 4.90 Å². The first-order chi connectivity index (χ1) is 14.1. The lowest BCUT2D eigenvalue weighted by molar-refractivity contribution is 0.102. The molecule has 0 spiro atoms. The summed E-state index contributed by atoms with van der Waals surface area (Å²) in [6.45, 7) is 8.77. The second-order valence-corrected chi connectivity index (χ2v) is 9.96. The van der Waals surface area contributed by atoms with E-state index in [1.807, 2.05) is 0 Å². The maximum absolute atomic E-state index is 13.2. The fourth-order valence-corrected chi connectivity index (χ4v) is 4.49. The Morgan fingerprint density at radius 2 is 1.93 bits per heavy atom. The molecule has 2 aromatic rings. The van der Waals surface area contributed by atoms with E-state index in [1.54, 1.807) is 19.1 Å². The number of piperidine rings is 1. The summed E-state index contributed by atoms with van der Waals surface area (Å²) >= 11 is 0. The van der Waals surface area contributed by atoms with Crippen LogP contribution in [0.3, 0.4) is 0 Å². The molecule has 0 bridgehead atoms. The Morgan fingerprint density at radius 1 is 1.23 bits per heavy atom. The lowest BCUT2D eigenvalue weighted by Gasteiger charge is -2.26. The fraction of sp³-hybridized carbons (Fsp3) is 0.500. The highest BCUT2D eigenvalue weighted by molar-refractivity contribution is 7.89. The molecule has 1 aromatic heterocycles. The van der Waals surface area contributed by atoms with Crippen molar-refractivity contribution in [3.8, 4) is 0 Å². The summed E-state index contributed by atoms with van der Waals surface area (Å²) in [5.41, 5.74) is 1.85. The van der Waals surface area contributed by atoms with Crippen molar-refractivity contribution in [3.05, 3.63) is 46.9 Å². The van der Waals surface area contributed by atoms with Gasteiger partial charge in [-0.05, 0) is 57.0 Å². The predicted octanol–water partition coefficient (Wildman–Crippen LogP) is 3.67. The largest absolute Gasteiger partial charge is 0.465 e. The number of likely N-dealkylation sites (tertiary alicyclic amines) is 1. The molecule has 30 heavy (non-hydrogen) atoms. The molecule has 1 saturated heterocycles. The molecule has 0 atom stereocenters. The summed E-state index contributed by atoms with van der Waals surface area (Å²) in [4.78, 5) is 15.5. The number of rotatable bonds is 7. The van der Waals surface area contributed by atoms with Crippen molar-refractivity contribution in [1.29, 1.82) is 0 Å². The molecular weight excluding hydrogens is 402 g/mol. The van der Waals surface area contributed by atoms with Gasteiger partial charge in [-0.2, -0.15) is 0 Å². The Kier molecular flexibility index (Phi) is 7.00. The van der Waals surface area contributed by atoms with Crippen LogP contribution in [-0.2, 0) is 23.0 Å². The zero-order chi connectivity index (χ0) is 21.9. The molecule has 1 fully saturated rings. The van der Waals surface area contributed by atoms with Gasteiger partial charge in [0.1, 0.15) is 11.5 Å². The summed E-state index contributed by atoms with van der Waals surface area (Å²) < 4.78 is 29.3. The third-order valence-electron chi connectivity index (χ3n) is 5.34. The van der Waals surface area contributed by atoms with E-state index in [-0.39, 0.29) is 10.8 Å². The summed E-state index contributed by atoms with van der Waals surface area (Å²) in [6.07, 6.45) is 4.34. The molecule has 3 rings (SSSR count). The predicted molar refractivity (Wildman–Crippen MR) is 117 cm³/mol. The molecule has 2 heterocycles. The highest BCUT2D eigenvalue weighted by Crippen LogP contribution is 2.28. The normalized spacial score (nSPS) is 15.5. The van der Waals surface area contributed by atoms with Gasteiger partial charge in [0, 0.05) is 24.2 Å². The van der Waals surface area contributed by atoms with Crippen LogP contribution in [0, 0.1) is 12.8 Å². The standard InChI is InChI=1S/C22H31N3O4S/c1-15(2)12-20-19(14-25-10-5-4-6-11-25)21(16(3)29-20)22(26)24-17-8-7-9-18(13-17)30(23,27)28/h7-9,13,15H,4-6,10-12,14H2,1-3H3,(H,24,26)(H2,23,27,28). The van der Waals surface area contributed by atoms with Gasteiger partial charge in [0.15, 0.2) is 0 Å². The minimum atomic E-state index is -3.85. The van der Waals surface area contributed by atoms with Crippen LogP contribution in [0.25, 0.3) is 0 Å². The number of hydrogen-bond acceptors (Lipinski definition) is 5. The maximum Gasteiger partial charge on any atom is 0.259 e. The van der Waals surface area contributed by atoms with Crippen LogP contribution >= 0.6 is 0 Å². The van der Waals surface area contributed by atoms with Gasteiger partial charge in [0.05, 0.1) is 10.5 Å². The van der Waals surface area contributed by atoms with Gasteiger partial charge in [-0.3, -0.25) is 9.69 Å². The Balaban J connectivity index is 1.91. The molecule has 8 heteroatoms. The zero-order valence-electron chi connectivity index (χ0n) is 17.9. The molecule has 3 N–H and O–H groups in total. The number of amides is 1. The minimum Gasteiger partial charge on any atom is -0.465 e. The number of furan rings is 1. The van der Waals surface area contributed by atoms with Crippen molar-refractivity contribution in [3.63, 3.8) is 0 Å². The third kappa shape index (κ3) is 5.50. The van der Waals surface area contributed by atoms with Crippen molar-refractivity contribution in [2.24, 2.45) is 11.1 Å². The SMILES string of the molecule is Cc1oc(CC(C)C)c(CN2CCCCC2)c1C(=O)Nc1cccc(S(N)(=O)=O)c1. The van der Waals surface area contributed by atoms with Crippen molar-refractivity contribution in [2.45, 2.75) is 57.9 Å². The Bertz CT molecular complexity index is 1010. The number of carbonyl (C=O) groups excluding carboxylic acids is 1. The molecule has 0 aliphatic carbocycles. The van der Waals surface area contributed by atoms with Crippen LogP contribution in [0.4, 0.5) is 5.69 Å². The van der Waals surface area contributed by atoms with E-state index in [2.05, 4.69) is 24.1 Å². The average Bonchev–Trinajstić information content (AvgIpc) is 2.96. The van der Waals surface area contributed by atoms with Crippen LogP contribution in [0.5, 0.6) is 0 Å². The van der Waals surface area contributed by atoms with E-state index in [0.717, 1.165) is 43.7 Å². The second-order valence-electron chi connectivity index (χ2n) is 8.40. The number of anilines is 1. The lowest BCUT2D eigenvalue weighted by Crippen LogP contribution is -2.30. The summed E-state index contributed by atoms with van der Waals surface area (Å²) in [5.74, 6) is 1.54. The zero-order valence-corrected chi connectivity index (χ0v) is 18.7. The van der Waals surface area contributed by atoms with E-state index in [0.29, 0.717) is 29.5 Å². The molecule has 0 radical (unpaired) electrons. The van der Waals surface area contributed by atoms with Gasteiger partial charge in [0.25, 0.3) is 5.91 Å². The first-order valence-corrected chi connectivity index (χ1v) is 12.0.